The first-order valence-corrected chi connectivity index (χ1v) is 12.4. The second-order valence-corrected chi connectivity index (χ2v) is 9.50. The van der Waals surface area contributed by atoms with E-state index >= 15 is 0 Å². The molecule has 39 heavy (non-hydrogen) atoms. The van der Waals surface area contributed by atoms with Gasteiger partial charge >= 0.3 is 0 Å². The number of fused-ring (bicyclic) bond motifs is 3. The van der Waals surface area contributed by atoms with Gasteiger partial charge in [-0.1, -0.05) is 61.2 Å². The van der Waals surface area contributed by atoms with Crippen molar-refractivity contribution >= 4 is 21.9 Å². The topological polar surface area (TPSA) is 59.2 Å². The van der Waals surface area contributed by atoms with Crippen LogP contribution in [0, 0.1) is 26.8 Å². The molecule has 6 aromatic rings. The van der Waals surface area contributed by atoms with Gasteiger partial charge in [0.2, 0.25) is 0 Å². The van der Waals surface area contributed by atoms with Crippen LogP contribution in [0.15, 0.2) is 89.6 Å². The van der Waals surface area contributed by atoms with Crippen molar-refractivity contribution in [2.45, 2.75) is 40.4 Å². The fraction of sp³-hybridized carbons (Fsp3) is 0.176. The summed E-state index contributed by atoms with van der Waals surface area (Å²) in [5.41, 5.74) is 6.78. The maximum Gasteiger partial charge on any atom is 0.127 e. The minimum absolute atomic E-state index is 0. The molecule has 0 atom stereocenters. The van der Waals surface area contributed by atoms with Gasteiger partial charge in [0.25, 0.3) is 0 Å². The van der Waals surface area contributed by atoms with E-state index in [-0.39, 0.29) is 25.7 Å². The molecule has 0 aliphatic heterocycles. The number of hydrogen-bond acceptors (Lipinski definition) is 4. The zero-order valence-corrected chi connectivity index (χ0v) is 24.6. The van der Waals surface area contributed by atoms with E-state index in [2.05, 4.69) is 16.0 Å². The molecule has 1 radical (unpaired) electrons. The fourth-order valence-electron chi connectivity index (χ4n) is 4.56. The van der Waals surface area contributed by atoms with Gasteiger partial charge in [0.05, 0.1) is 11.3 Å². The molecule has 0 saturated heterocycles. The van der Waals surface area contributed by atoms with Crippen LogP contribution in [0.4, 0.5) is 0 Å². The Morgan fingerprint density at radius 3 is 2.46 bits per heavy atom. The summed E-state index contributed by atoms with van der Waals surface area (Å²) in [5.74, 6) is -0.761. The van der Waals surface area contributed by atoms with E-state index in [0.29, 0.717) is 28.2 Å². The molecule has 3 aromatic carbocycles. The Morgan fingerprint density at radius 2 is 1.72 bits per heavy atom. The zero-order chi connectivity index (χ0) is 30.2. The average molecular weight is 696 g/mol. The van der Waals surface area contributed by atoms with E-state index in [1.165, 1.54) is 6.20 Å². The van der Waals surface area contributed by atoms with E-state index in [1.807, 2.05) is 80.6 Å². The van der Waals surface area contributed by atoms with Crippen LogP contribution in [0.2, 0.25) is 0 Å². The number of aryl methyl sites for hydroxylation is 3. The van der Waals surface area contributed by atoms with Crippen molar-refractivity contribution in [1.29, 1.82) is 0 Å². The Labute approximate surface area is 248 Å². The van der Waals surface area contributed by atoms with Crippen LogP contribution in [0.5, 0.6) is 5.75 Å². The number of rotatable bonds is 3. The molecule has 0 aliphatic rings. The standard InChI is InChI=1S/C21H18NO.C13H13NO.Ir/c1-13(2)18-11-19(22-12-14(18)3)17-9-6-8-16-15-7-4-5-10-20(15)23-21(16)17;1-9-7-10(2)13(15)11(8-9)12-5-3-4-6-14-12;/h4-8,10-13H,1-3H3;3-8,15H,1-2H3;/q-1;;/i3D3,13D;;. The van der Waals surface area contributed by atoms with Crippen molar-refractivity contribution in [3.8, 4) is 28.3 Å². The molecule has 0 unspecified atom stereocenters. The Hall–Kier alpha value is -3.79. The monoisotopic (exact) mass is 696 g/mol. The number of aromatic nitrogens is 2. The average Bonchev–Trinajstić information content (AvgIpc) is 3.33. The molecule has 6 rings (SSSR count). The minimum Gasteiger partial charge on any atom is -0.507 e. The van der Waals surface area contributed by atoms with Crippen LogP contribution in [0.3, 0.4) is 0 Å². The molecule has 0 amide bonds. The van der Waals surface area contributed by atoms with Crippen molar-refractivity contribution in [3.05, 3.63) is 114 Å². The van der Waals surface area contributed by atoms with Crippen molar-refractivity contribution in [3.63, 3.8) is 0 Å². The van der Waals surface area contributed by atoms with Gasteiger partial charge in [-0.05, 0) is 78.8 Å². The van der Waals surface area contributed by atoms with Crippen molar-refractivity contribution in [1.82, 2.24) is 9.97 Å². The molecular weight excluding hydrogens is 661 g/mol. The number of phenolic OH excluding ortho intramolecular Hbond substituents is 1. The molecular formula is C34H31IrN2O2-. The third-order valence-corrected chi connectivity index (χ3v) is 6.42. The first-order chi connectivity index (χ1) is 19.8. The Kier molecular flexibility index (Phi) is 7.08. The molecule has 3 aromatic heterocycles. The summed E-state index contributed by atoms with van der Waals surface area (Å²) in [7, 11) is 0. The summed E-state index contributed by atoms with van der Waals surface area (Å²) < 4.78 is 37.7. The summed E-state index contributed by atoms with van der Waals surface area (Å²) in [6, 6.07) is 25.9. The van der Waals surface area contributed by atoms with E-state index in [0.717, 1.165) is 38.7 Å². The Morgan fingerprint density at radius 1 is 0.923 bits per heavy atom. The fourth-order valence-corrected chi connectivity index (χ4v) is 4.56. The molecule has 0 aliphatic carbocycles. The van der Waals surface area contributed by atoms with Crippen molar-refractivity contribution < 1.29 is 35.1 Å². The predicted molar refractivity (Wildman–Crippen MR) is 155 cm³/mol. The molecule has 199 valence electrons. The van der Waals surface area contributed by atoms with E-state index in [9.17, 15) is 5.11 Å². The zero-order valence-electron chi connectivity index (χ0n) is 26.2. The number of phenols is 1. The normalized spacial score (nSPS) is 12.9. The van der Waals surface area contributed by atoms with Crippen LogP contribution in [0.1, 0.15) is 47.5 Å². The van der Waals surface area contributed by atoms with E-state index in [1.54, 1.807) is 26.1 Å². The van der Waals surface area contributed by atoms with Crippen LogP contribution < -0.4 is 0 Å². The number of hydrogen-bond donors (Lipinski definition) is 1. The molecule has 0 bridgehead atoms. The number of para-hydroxylation sites is 1. The minimum atomic E-state index is -2.33. The van der Waals surface area contributed by atoms with Gasteiger partial charge in [0.1, 0.15) is 11.3 Å². The molecule has 1 N–H and O–H groups in total. The molecule has 0 spiro atoms. The second-order valence-electron chi connectivity index (χ2n) is 9.50. The molecule has 0 fully saturated rings. The van der Waals surface area contributed by atoms with E-state index < -0.39 is 12.7 Å². The predicted octanol–water partition coefficient (Wildman–Crippen LogP) is 8.95. The van der Waals surface area contributed by atoms with Crippen molar-refractivity contribution in [2.75, 3.05) is 0 Å². The van der Waals surface area contributed by atoms with Crippen LogP contribution in [-0.2, 0) is 20.1 Å². The summed E-state index contributed by atoms with van der Waals surface area (Å²) >= 11 is 0. The number of benzene rings is 3. The largest absolute Gasteiger partial charge is 0.507 e. The third kappa shape index (κ3) is 5.80. The Balaban J connectivity index is 0.000000225. The number of aromatic hydroxyl groups is 1. The number of furan rings is 1. The summed E-state index contributed by atoms with van der Waals surface area (Å²) in [4.78, 5) is 8.61. The van der Waals surface area contributed by atoms with Crippen LogP contribution >= 0.6 is 0 Å². The van der Waals surface area contributed by atoms with Gasteiger partial charge in [0, 0.05) is 48.9 Å². The second kappa shape index (κ2) is 11.9. The van der Waals surface area contributed by atoms with Gasteiger partial charge in [-0.2, -0.15) is 0 Å². The van der Waals surface area contributed by atoms with E-state index in [4.69, 9.17) is 9.90 Å². The number of pyridine rings is 2. The van der Waals surface area contributed by atoms with Gasteiger partial charge in [0.15, 0.2) is 0 Å². The summed E-state index contributed by atoms with van der Waals surface area (Å²) in [5, 5.41) is 11.9. The third-order valence-electron chi connectivity index (χ3n) is 6.42. The van der Waals surface area contributed by atoms with Gasteiger partial charge in [-0.25, -0.2) is 0 Å². The maximum absolute atomic E-state index is 9.94. The van der Waals surface area contributed by atoms with Gasteiger partial charge < -0.3 is 14.5 Å². The molecule has 4 nitrogen and oxygen atoms in total. The molecule has 3 heterocycles. The summed E-state index contributed by atoms with van der Waals surface area (Å²) in [6.45, 7) is 4.93. The smallest absolute Gasteiger partial charge is 0.127 e. The SMILES string of the molecule is Cc1cc(C)c(O)c(-c2ccccn2)c1.[2H]C([2H])([2H])c1cnc(-c2[c-]ccc3c2oc2ccccc23)cc1C([2H])(C)C.[Ir]. The summed E-state index contributed by atoms with van der Waals surface area (Å²) in [6.07, 6.45) is 3.08. The maximum atomic E-state index is 9.94. The van der Waals surface area contributed by atoms with Gasteiger partial charge in [-0.15, -0.1) is 18.2 Å². The van der Waals surface area contributed by atoms with Crippen LogP contribution in [-0.4, -0.2) is 15.1 Å². The quantitative estimate of drug-likeness (QED) is 0.188. The first kappa shape index (κ1) is 23.1. The number of nitrogens with zero attached hydrogens (tertiary/aromatic N) is 2. The first-order valence-electron chi connectivity index (χ1n) is 14.4. The van der Waals surface area contributed by atoms with Crippen molar-refractivity contribution in [2.24, 2.45) is 0 Å². The Bertz CT molecular complexity index is 1900. The molecule has 5 heteroatoms. The van der Waals surface area contributed by atoms with Crippen LogP contribution in [0.25, 0.3) is 44.5 Å². The molecule has 0 saturated carbocycles. The van der Waals surface area contributed by atoms with Gasteiger partial charge in [-0.3, -0.25) is 4.98 Å².